The number of hydrogen-bond acceptors (Lipinski definition) is 6. The predicted molar refractivity (Wildman–Crippen MR) is 121 cm³/mol. The molecule has 3 N–H and O–H groups in total. The third kappa shape index (κ3) is 5.87. The minimum atomic E-state index is -0.757. The predicted octanol–water partition coefficient (Wildman–Crippen LogP) is 4.25. The van der Waals surface area contributed by atoms with Crippen LogP contribution in [0.4, 0.5) is 15.6 Å². The van der Waals surface area contributed by atoms with Gasteiger partial charge in [0.1, 0.15) is 11.0 Å². The van der Waals surface area contributed by atoms with Gasteiger partial charge < -0.3 is 10.6 Å². The average Bonchev–Trinajstić information content (AvgIpc) is 3.26. The number of anilines is 2. The van der Waals surface area contributed by atoms with Gasteiger partial charge in [0.05, 0.1) is 11.6 Å². The first-order valence-corrected chi connectivity index (χ1v) is 10.6. The maximum atomic E-state index is 12.9. The van der Waals surface area contributed by atoms with Gasteiger partial charge in [0, 0.05) is 11.3 Å². The summed E-state index contributed by atoms with van der Waals surface area (Å²) in [4.78, 5) is 25.3. The van der Waals surface area contributed by atoms with Gasteiger partial charge in [-0.05, 0) is 30.2 Å². The Bertz CT molecular complexity index is 1080. The van der Waals surface area contributed by atoms with Crippen LogP contribution in [0.1, 0.15) is 25.8 Å². The molecule has 158 valence electrons. The van der Waals surface area contributed by atoms with Crippen LogP contribution in [0.2, 0.25) is 0 Å². The fourth-order valence-electron chi connectivity index (χ4n) is 2.79. The molecule has 9 heteroatoms. The highest BCUT2D eigenvalue weighted by atomic mass is 32.1. The van der Waals surface area contributed by atoms with Gasteiger partial charge in [-0.1, -0.05) is 61.9 Å². The lowest BCUT2D eigenvalue weighted by Crippen LogP contribution is -2.49. The zero-order valence-electron chi connectivity index (χ0n) is 17.1. The average molecular weight is 435 g/mol. The first-order valence-electron chi connectivity index (χ1n) is 9.77. The van der Waals surface area contributed by atoms with Crippen molar-refractivity contribution in [2.24, 2.45) is 5.92 Å². The number of urea groups is 1. The number of hydrogen-bond donors (Lipinski definition) is 3. The lowest BCUT2D eigenvalue weighted by molar-refractivity contribution is -0.119. The first-order chi connectivity index (χ1) is 15.0. The molecule has 0 bridgehead atoms. The molecule has 0 aliphatic heterocycles. The molecule has 31 heavy (non-hydrogen) atoms. The number of nitriles is 1. The largest absolute Gasteiger partial charge is 0.326 e. The molecule has 0 radical (unpaired) electrons. The maximum absolute atomic E-state index is 12.9. The van der Waals surface area contributed by atoms with E-state index >= 15 is 0 Å². The zero-order chi connectivity index (χ0) is 22.2. The highest BCUT2D eigenvalue weighted by Gasteiger charge is 2.27. The highest BCUT2D eigenvalue weighted by molar-refractivity contribution is 7.18. The minimum absolute atomic E-state index is 0.103. The molecule has 0 fully saturated rings. The number of nitrogens with zero attached hydrogens (tertiary/aromatic N) is 3. The van der Waals surface area contributed by atoms with Gasteiger partial charge in [0.25, 0.3) is 0 Å². The van der Waals surface area contributed by atoms with Gasteiger partial charge >= 0.3 is 6.03 Å². The third-order valence-corrected chi connectivity index (χ3v) is 5.62. The minimum Gasteiger partial charge on any atom is -0.326 e. The second-order valence-corrected chi connectivity index (χ2v) is 7.90. The molecule has 1 aromatic heterocycles. The molecular weight excluding hydrogens is 412 g/mol. The Kier molecular flexibility index (Phi) is 7.30. The van der Waals surface area contributed by atoms with E-state index < -0.39 is 12.1 Å². The topological polar surface area (TPSA) is 120 Å². The van der Waals surface area contributed by atoms with Crippen molar-refractivity contribution in [2.45, 2.75) is 26.3 Å². The van der Waals surface area contributed by atoms with E-state index in [-0.39, 0.29) is 11.8 Å². The molecule has 2 aromatic carbocycles. The molecule has 0 saturated carbocycles. The second-order valence-electron chi connectivity index (χ2n) is 6.92. The van der Waals surface area contributed by atoms with E-state index in [4.69, 9.17) is 5.26 Å². The smallest absolute Gasteiger partial charge is 0.319 e. The van der Waals surface area contributed by atoms with E-state index in [1.54, 1.807) is 24.3 Å². The monoisotopic (exact) mass is 434 g/mol. The maximum Gasteiger partial charge on any atom is 0.319 e. The fraction of sp³-hybridized carbons (Fsp3) is 0.227. The van der Waals surface area contributed by atoms with Crippen LogP contribution in [0.5, 0.6) is 0 Å². The summed E-state index contributed by atoms with van der Waals surface area (Å²) in [5.41, 5.74) is 1.94. The van der Waals surface area contributed by atoms with Gasteiger partial charge in [-0.25, -0.2) is 4.79 Å². The quantitative estimate of drug-likeness (QED) is 0.513. The van der Waals surface area contributed by atoms with Crippen LogP contribution in [-0.2, 0) is 4.79 Å². The second kappa shape index (κ2) is 10.3. The summed E-state index contributed by atoms with van der Waals surface area (Å²) in [6.07, 6.45) is 0.695. The first kappa shape index (κ1) is 21.9. The van der Waals surface area contributed by atoms with Crippen molar-refractivity contribution in [3.05, 3.63) is 60.2 Å². The third-order valence-electron chi connectivity index (χ3n) is 4.73. The van der Waals surface area contributed by atoms with Crippen LogP contribution in [-0.4, -0.2) is 28.2 Å². The van der Waals surface area contributed by atoms with E-state index in [1.165, 1.54) is 11.3 Å². The lowest BCUT2D eigenvalue weighted by atomic mass is 9.98. The van der Waals surface area contributed by atoms with E-state index in [0.717, 1.165) is 5.56 Å². The number of rotatable bonds is 7. The summed E-state index contributed by atoms with van der Waals surface area (Å²) in [5, 5.41) is 26.3. The van der Waals surface area contributed by atoms with Crippen molar-refractivity contribution < 1.29 is 9.59 Å². The van der Waals surface area contributed by atoms with Crippen LogP contribution >= 0.6 is 11.3 Å². The van der Waals surface area contributed by atoms with Crippen LogP contribution in [0, 0.1) is 17.2 Å². The number of carbonyl (C=O) groups is 2. The normalized spacial score (nSPS) is 12.3. The van der Waals surface area contributed by atoms with Crippen LogP contribution in [0.3, 0.4) is 0 Å². The highest BCUT2D eigenvalue weighted by Crippen LogP contribution is 2.26. The fourth-order valence-corrected chi connectivity index (χ4v) is 3.54. The zero-order valence-corrected chi connectivity index (χ0v) is 17.9. The molecule has 0 aliphatic rings. The number of carbonyl (C=O) groups excluding carboxylic acids is 2. The molecule has 3 amide bonds. The van der Waals surface area contributed by atoms with Crippen LogP contribution < -0.4 is 16.0 Å². The molecule has 1 heterocycles. The molecule has 0 spiro atoms. The Morgan fingerprint density at radius 1 is 1.06 bits per heavy atom. The SMILES string of the molecule is CC[C@@H](C)[C@H](NC(=O)Nc1ccc(C#N)cc1)C(=O)Nc1nnc(-c2ccccc2)s1. The Balaban J connectivity index is 1.65. The molecular formula is C22H22N6O2S. The standard InChI is InChI=1S/C22H22N6O2S/c1-3-14(2)18(25-21(30)24-17-11-9-15(13-23)10-12-17)19(29)26-22-28-27-20(31-22)16-7-5-4-6-8-16/h4-12,14,18H,3H2,1-2H3,(H2,24,25,30)(H,26,28,29)/t14-,18+/m1/s1. The molecule has 0 unspecified atom stereocenters. The van der Waals surface area contributed by atoms with Crippen molar-refractivity contribution in [1.29, 1.82) is 5.26 Å². The molecule has 3 aromatic rings. The van der Waals surface area contributed by atoms with Crippen molar-refractivity contribution in [3.63, 3.8) is 0 Å². The van der Waals surface area contributed by atoms with E-state index in [0.29, 0.717) is 27.8 Å². The van der Waals surface area contributed by atoms with Crippen LogP contribution in [0.15, 0.2) is 54.6 Å². The summed E-state index contributed by atoms with van der Waals surface area (Å²) in [5.74, 6) is -0.465. The Morgan fingerprint density at radius 3 is 2.42 bits per heavy atom. The lowest BCUT2D eigenvalue weighted by Gasteiger charge is -2.23. The summed E-state index contributed by atoms with van der Waals surface area (Å²) in [6.45, 7) is 3.84. The number of amides is 3. The van der Waals surface area contributed by atoms with Gasteiger partial charge in [-0.2, -0.15) is 5.26 Å². The van der Waals surface area contributed by atoms with Crippen molar-refractivity contribution in [3.8, 4) is 16.6 Å². The number of nitrogens with one attached hydrogen (secondary N) is 3. The molecule has 3 rings (SSSR count). The summed E-state index contributed by atoms with van der Waals surface area (Å²) < 4.78 is 0. The molecule has 2 atom stereocenters. The summed E-state index contributed by atoms with van der Waals surface area (Å²) in [7, 11) is 0. The van der Waals surface area contributed by atoms with Crippen molar-refractivity contribution in [2.75, 3.05) is 10.6 Å². The molecule has 0 aliphatic carbocycles. The number of benzene rings is 2. The Morgan fingerprint density at radius 2 is 1.77 bits per heavy atom. The van der Waals surface area contributed by atoms with Gasteiger partial charge in [0.15, 0.2) is 0 Å². The van der Waals surface area contributed by atoms with Gasteiger partial charge in [-0.15, -0.1) is 10.2 Å². The van der Waals surface area contributed by atoms with Crippen molar-refractivity contribution in [1.82, 2.24) is 15.5 Å². The summed E-state index contributed by atoms with van der Waals surface area (Å²) in [6, 6.07) is 16.8. The van der Waals surface area contributed by atoms with Crippen molar-refractivity contribution >= 4 is 34.1 Å². The van der Waals surface area contributed by atoms with E-state index in [9.17, 15) is 9.59 Å². The Hall–Kier alpha value is -3.77. The molecule has 8 nitrogen and oxygen atoms in total. The van der Waals surface area contributed by atoms with Gasteiger partial charge in [0.2, 0.25) is 11.0 Å². The summed E-state index contributed by atoms with van der Waals surface area (Å²) >= 11 is 1.27. The van der Waals surface area contributed by atoms with E-state index in [2.05, 4.69) is 26.1 Å². The van der Waals surface area contributed by atoms with Gasteiger partial charge in [-0.3, -0.25) is 10.1 Å². The van der Waals surface area contributed by atoms with E-state index in [1.807, 2.05) is 50.2 Å². The number of aromatic nitrogens is 2. The van der Waals surface area contributed by atoms with Crippen LogP contribution in [0.25, 0.3) is 10.6 Å². The molecule has 0 saturated heterocycles. The Labute approximate surface area is 184 Å².